The van der Waals surface area contributed by atoms with Crippen molar-refractivity contribution in [3.05, 3.63) is 106 Å². The molecule has 0 saturated heterocycles. The van der Waals surface area contributed by atoms with Crippen LogP contribution in [0.2, 0.25) is 0 Å². The lowest BCUT2D eigenvalue weighted by Crippen LogP contribution is -2.36. The van der Waals surface area contributed by atoms with E-state index in [1.54, 1.807) is 14.2 Å². The number of hydrogen-bond acceptors (Lipinski definition) is 22. The number of carbonyl (C=O) groups is 1. The van der Waals surface area contributed by atoms with Gasteiger partial charge in [0.25, 0.3) is 0 Å². The van der Waals surface area contributed by atoms with E-state index in [1.807, 2.05) is 105 Å². The molecule has 9 aromatic heterocycles. The molecule has 2 N–H and O–H groups in total. The van der Waals surface area contributed by atoms with Crippen molar-refractivity contribution in [3.8, 4) is 52.9 Å². The Morgan fingerprint density at radius 3 is 1.14 bits per heavy atom. The second kappa shape index (κ2) is 48.5. The van der Waals surface area contributed by atoms with Gasteiger partial charge in [-0.05, 0) is 114 Å². The highest BCUT2D eigenvalue weighted by molar-refractivity contribution is 5.72. The van der Waals surface area contributed by atoms with Crippen LogP contribution in [0.3, 0.4) is 0 Å². The second-order valence-electron chi connectivity index (χ2n) is 47.1. The maximum atomic E-state index is 10.9. The van der Waals surface area contributed by atoms with Gasteiger partial charge in [-0.1, -0.05) is 214 Å². The summed E-state index contributed by atoms with van der Waals surface area (Å²) in [5.74, 6) is 12.9. The summed E-state index contributed by atoms with van der Waals surface area (Å²) >= 11 is 0. The van der Waals surface area contributed by atoms with Gasteiger partial charge in [-0.2, -0.15) is 45.9 Å². The van der Waals surface area contributed by atoms with Crippen molar-refractivity contribution in [2.75, 3.05) is 87.3 Å². The van der Waals surface area contributed by atoms with Gasteiger partial charge in [0.05, 0.1) is 140 Å². The molecule has 0 spiro atoms. The lowest BCUT2D eigenvalue weighted by atomic mass is 9.89. The number of ether oxygens (including phenoxy) is 11. The summed E-state index contributed by atoms with van der Waals surface area (Å²) in [5, 5.41) is 45.6. The third kappa shape index (κ3) is 30.5. The topological polar surface area (TPSA) is 303 Å². The van der Waals surface area contributed by atoms with Gasteiger partial charge in [0.15, 0.2) is 0 Å². The second-order valence-corrected chi connectivity index (χ2v) is 47.1. The minimum Gasteiger partial charge on any atom is -0.478 e. The SMILES string of the molecule is CC(=O)NC[C@@H]1COc2c(C(C)C)cnn2C1.CC(C)c1cnn2c1OCC(C)(C)C2.CC[C@@H]1CCOc2c(C(C)(C)C)cnn2C1.CC[C@@H]1COc2c(C(C)C)cnn2C1.CN[C@H]1CCn2ncc(C(C)(C)C)c2OC1.CO[C@@H]1CCOc2c(C(C)(C)C)cnn2C1.CO[C@H]1CCn2ncc(C(C)(C)C)c2OC1.C[C@@H]1CCOc2c(C(C)(C)C)cnn2C1.C[C@H]1CCn2ncc(C(C)(C)C)c2OC1. The van der Waals surface area contributed by atoms with Crippen LogP contribution in [0.25, 0.3) is 0 Å². The average Bonchev–Trinajstić information content (AvgIpc) is 1.67. The Morgan fingerprint density at radius 2 is 0.712 bits per heavy atom. The van der Waals surface area contributed by atoms with Gasteiger partial charge >= 0.3 is 0 Å². The maximum Gasteiger partial charge on any atom is 0.216 e. The molecule has 9 aromatic rings. The van der Waals surface area contributed by atoms with E-state index in [-0.39, 0.29) is 56.0 Å². The van der Waals surface area contributed by atoms with Gasteiger partial charge in [-0.15, -0.1) is 0 Å². The fourth-order valence-corrected chi connectivity index (χ4v) is 17.3. The van der Waals surface area contributed by atoms with Crippen molar-refractivity contribution in [3.63, 3.8) is 0 Å². The van der Waals surface area contributed by atoms with Crippen molar-refractivity contribution in [1.29, 1.82) is 0 Å². The predicted molar refractivity (Wildman–Crippen MR) is 548 cm³/mol. The zero-order valence-corrected chi connectivity index (χ0v) is 91.6. The van der Waals surface area contributed by atoms with E-state index in [0.29, 0.717) is 79.8 Å². The molecule has 139 heavy (non-hydrogen) atoms. The molecule has 0 aromatic carbocycles. The molecule has 778 valence electrons. The summed E-state index contributed by atoms with van der Waals surface area (Å²) in [6, 6.07) is 0.425. The Kier molecular flexibility index (Phi) is 38.9. The highest BCUT2D eigenvalue weighted by Gasteiger charge is 2.36. The predicted octanol–water partition coefficient (Wildman–Crippen LogP) is 19.7. The van der Waals surface area contributed by atoms with Gasteiger partial charge in [0.1, 0.15) is 13.2 Å². The molecule has 9 aliphatic rings. The standard InChI is InChI=1S/C13H22N2O.C12H19N3O2.C12H21N3O.2C12H20N2O2.2C12H20N2O.2C11H18N2O/c1-5-10-6-7-16-12-11(13(2,3)4)8-14-15(12)9-10;1-8(2)11-5-14-15-6-10(4-13-9(3)16)7-17-12(11)15;1-12(2,3)10-7-14-15-6-5-9(13-4)8-16-11(10)15;1-12(2,3)10-7-13-14-8-9(15-4)5-6-16-11(10)14;1-12(2,3)10-7-13-14-6-5-9(15-4)8-16-11(10)14;1-9-5-6-15-11-10(12(2,3)4)7-13-14(11)8-9;1-9-5-6-14-11(15-8-9)10(7-13-14)12(2,3)4;1-8(2)9-5-12-13-6-11(3,4)7-14-10(9)13;1-4-9-6-13-11(14-7-9)10(5-12-13)8(2)3/h8,10H,5-7,9H2,1-4H3;5,8,10H,4,6-7H2,1-3H3,(H,13,16);7,9,13H,5-6,8H2,1-4H3;2*7,9H,5-6,8H2,1-4H3;2*7,9H,5-6,8H2,1-4H3;5,8H,6-7H2,1-4H3;5,8-9H,4,6-7H2,1-3H3/t2*10-;5*9-;;9-/m1001010.0/s1. The number of carbonyl (C=O) groups excluding carboxylic acids is 1. The Labute approximate surface area is 831 Å². The van der Waals surface area contributed by atoms with Crippen molar-refractivity contribution in [2.45, 2.75) is 393 Å². The average molecular weight is 1940 g/mol. The van der Waals surface area contributed by atoms with Crippen molar-refractivity contribution >= 4 is 5.91 Å². The van der Waals surface area contributed by atoms with Crippen LogP contribution in [0.15, 0.2) is 55.8 Å². The third-order valence-corrected chi connectivity index (χ3v) is 26.8. The molecule has 0 aliphatic carbocycles. The van der Waals surface area contributed by atoms with Crippen LogP contribution in [-0.2, 0) is 106 Å². The lowest BCUT2D eigenvalue weighted by Gasteiger charge is -2.30. The molecular weight excluding hydrogens is 1760 g/mol. The number of nitrogens with one attached hydrogen (secondary N) is 2. The van der Waals surface area contributed by atoms with Crippen LogP contribution in [0.4, 0.5) is 0 Å². The number of rotatable bonds is 10. The third-order valence-electron chi connectivity index (χ3n) is 26.8. The first-order valence-corrected chi connectivity index (χ1v) is 51.5. The molecule has 32 nitrogen and oxygen atoms in total. The molecule has 0 unspecified atom stereocenters. The van der Waals surface area contributed by atoms with Crippen LogP contribution in [0.1, 0.15) is 334 Å². The van der Waals surface area contributed by atoms with Crippen LogP contribution >= 0.6 is 0 Å². The summed E-state index contributed by atoms with van der Waals surface area (Å²) < 4.78 is 80.9. The Bertz CT molecular complexity index is 5110. The molecule has 0 saturated carbocycles. The number of nitrogens with zero attached hydrogens (tertiary/aromatic N) is 18. The monoisotopic (exact) mass is 1940 g/mol. The molecule has 0 radical (unpaired) electrons. The zero-order chi connectivity index (χ0) is 102. The van der Waals surface area contributed by atoms with E-state index in [4.69, 9.17) is 52.1 Å². The largest absolute Gasteiger partial charge is 0.478 e. The molecule has 18 heterocycles. The van der Waals surface area contributed by atoms with Crippen molar-refractivity contribution < 1.29 is 56.9 Å². The lowest BCUT2D eigenvalue weighted by molar-refractivity contribution is -0.119. The van der Waals surface area contributed by atoms with Crippen LogP contribution < -0.4 is 53.3 Å². The quantitative estimate of drug-likeness (QED) is 0.128. The summed E-state index contributed by atoms with van der Waals surface area (Å²) in [6.45, 7) is 82.9. The van der Waals surface area contributed by atoms with Crippen LogP contribution in [0.5, 0.6) is 52.9 Å². The smallest absolute Gasteiger partial charge is 0.216 e. The van der Waals surface area contributed by atoms with Crippen molar-refractivity contribution in [1.82, 2.24) is 98.7 Å². The van der Waals surface area contributed by atoms with E-state index in [1.165, 1.54) is 57.9 Å². The maximum absolute atomic E-state index is 10.9. The van der Waals surface area contributed by atoms with E-state index < -0.39 is 0 Å². The van der Waals surface area contributed by atoms with E-state index in [2.05, 4.69) is 264 Å². The number of hydrogen-bond donors (Lipinski definition) is 2. The number of aryl methyl sites for hydroxylation is 3. The van der Waals surface area contributed by atoms with E-state index >= 15 is 0 Å². The van der Waals surface area contributed by atoms with Crippen LogP contribution in [-0.4, -0.2) is 199 Å². The molecule has 0 fully saturated rings. The summed E-state index contributed by atoms with van der Waals surface area (Å²) in [4.78, 5) is 10.9. The Hall–Kier alpha value is -9.56. The highest BCUT2D eigenvalue weighted by Crippen LogP contribution is 2.42. The first kappa shape index (κ1) is 111. The molecule has 18 rings (SSSR count). The molecule has 9 aliphatic heterocycles. The highest BCUT2D eigenvalue weighted by atomic mass is 16.5. The molecule has 8 atom stereocenters. The van der Waals surface area contributed by atoms with Gasteiger partial charge in [0, 0.05) is 140 Å². The fourth-order valence-electron chi connectivity index (χ4n) is 17.3. The van der Waals surface area contributed by atoms with Gasteiger partial charge < -0.3 is 62.7 Å². The number of methoxy groups -OCH3 is 2. The fraction of sp³-hybridized carbons (Fsp3) is 0.738. The Balaban J connectivity index is 0.000000161. The first-order valence-electron chi connectivity index (χ1n) is 51.5. The summed E-state index contributed by atoms with van der Waals surface area (Å²) in [7, 11) is 5.45. The molecule has 32 heteroatoms. The number of fused-ring (bicyclic) bond motifs is 9. The van der Waals surface area contributed by atoms with Gasteiger partial charge in [-0.25, -0.2) is 42.1 Å². The number of likely N-dealkylation sites (N-methyl/N-ethyl adjacent to an activating group) is 1. The zero-order valence-electron chi connectivity index (χ0n) is 91.6. The van der Waals surface area contributed by atoms with Crippen molar-refractivity contribution in [2.24, 2.45) is 35.0 Å². The number of amides is 1. The molecule has 1 amide bonds. The van der Waals surface area contributed by atoms with Gasteiger partial charge in [-0.3, -0.25) is 4.79 Å². The summed E-state index contributed by atoms with van der Waals surface area (Å²) in [6.07, 6.45) is 26.5. The van der Waals surface area contributed by atoms with E-state index in [9.17, 15) is 4.79 Å². The first-order chi connectivity index (χ1) is 65.3. The Morgan fingerprint density at radius 1 is 0.374 bits per heavy atom. The molecule has 0 bridgehead atoms. The minimum absolute atomic E-state index is 0.000804. The normalized spacial score (nSPS) is 20.7. The van der Waals surface area contributed by atoms with Crippen LogP contribution in [0, 0.1) is 35.0 Å². The molecular formula is C107H178N20O12. The van der Waals surface area contributed by atoms with Gasteiger partial charge in [0.2, 0.25) is 58.8 Å². The summed E-state index contributed by atoms with van der Waals surface area (Å²) in [5.41, 5.74) is 11.6. The number of aromatic nitrogens is 18. The van der Waals surface area contributed by atoms with E-state index in [0.717, 1.165) is 202 Å². The minimum atomic E-state index is -0.000804.